The number of nitrogens with zero attached hydrogens (tertiary/aromatic N) is 4. The molecule has 0 aliphatic rings. The number of Topliss-reactive ketones (excluding diaryl/α,β-unsaturated/α-hetero) is 1. The summed E-state index contributed by atoms with van der Waals surface area (Å²) in [5.74, 6) is 0.732. The minimum Gasteiger partial charge on any atom is -0.480 e. The molecule has 0 aliphatic carbocycles. The lowest BCUT2D eigenvalue weighted by Crippen LogP contribution is -2.38. The number of amides is 1. The lowest BCUT2D eigenvalue weighted by atomic mass is 10.1. The topological polar surface area (TPSA) is 135 Å². The number of benzene rings is 1. The van der Waals surface area contributed by atoms with E-state index in [2.05, 4.69) is 25.4 Å². The zero-order valence-corrected chi connectivity index (χ0v) is 21.1. The van der Waals surface area contributed by atoms with Crippen molar-refractivity contribution in [3.05, 3.63) is 60.4 Å². The molecule has 0 bridgehead atoms. The second-order valence-corrected chi connectivity index (χ2v) is 8.76. The second kappa shape index (κ2) is 12.2. The Morgan fingerprint density at radius 3 is 2.81 bits per heavy atom. The van der Waals surface area contributed by atoms with Crippen LogP contribution < -0.4 is 10.1 Å². The zero-order valence-electron chi connectivity index (χ0n) is 21.1. The number of carbonyl (C=O) groups is 2. The molecule has 2 N–H and O–H groups in total. The third kappa shape index (κ3) is 6.78. The van der Waals surface area contributed by atoms with E-state index in [0.717, 1.165) is 16.5 Å². The maximum absolute atomic E-state index is 12.5. The van der Waals surface area contributed by atoms with Crippen LogP contribution >= 0.6 is 0 Å². The van der Waals surface area contributed by atoms with E-state index in [1.54, 1.807) is 18.2 Å². The molecule has 11 heteroatoms. The Morgan fingerprint density at radius 2 is 2.05 bits per heavy atom. The number of pyridine rings is 1. The lowest BCUT2D eigenvalue weighted by molar-refractivity contribution is -0.123. The lowest BCUT2D eigenvalue weighted by Gasteiger charge is -2.18. The van der Waals surface area contributed by atoms with Crippen LogP contribution in [0.2, 0.25) is 0 Å². The normalized spacial score (nSPS) is 12.1. The van der Waals surface area contributed by atoms with Gasteiger partial charge in [-0.25, -0.2) is 9.97 Å². The smallest absolute Gasteiger partial charge is 0.234 e. The number of hydrogen-bond acceptors (Lipinski definition) is 9. The van der Waals surface area contributed by atoms with Gasteiger partial charge in [0.1, 0.15) is 23.8 Å². The van der Waals surface area contributed by atoms with Gasteiger partial charge >= 0.3 is 0 Å². The molecule has 3 aromatic heterocycles. The van der Waals surface area contributed by atoms with E-state index in [9.17, 15) is 9.59 Å². The first-order valence-electron chi connectivity index (χ1n) is 11.9. The molecule has 0 aliphatic heterocycles. The van der Waals surface area contributed by atoms with Crippen LogP contribution in [0.25, 0.3) is 22.2 Å². The summed E-state index contributed by atoms with van der Waals surface area (Å²) in [4.78, 5) is 38.8. The Morgan fingerprint density at radius 1 is 1.22 bits per heavy atom. The number of nitrogens with one attached hydrogen (secondary N) is 2. The fraction of sp³-hybridized carbons (Fsp3) is 0.346. The molecule has 0 fully saturated rings. The summed E-state index contributed by atoms with van der Waals surface area (Å²) < 4.78 is 16.1. The number of rotatable bonds is 13. The monoisotopic (exact) mass is 506 g/mol. The number of H-pyrrole nitrogens is 1. The molecule has 0 unspecified atom stereocenters. The van der Waals surface area contributed by atoms with E-state index >= 15 is 0 Å². The number of ether oxygens (including phenoxy) is 2. The highest BCUT2D eigenvalue weighted by Crippen LogP contribution is 2.31. The third-order valence-electron chi connectivity index (χ3n) is 5.59. The summed E-state index contributed by atoms with van der Waals surface area (Å²) >= 11 is 0. The minimum absolute atomic E-state index is 0.109. The highest BCUT2D eigenvalue weighted by molar-refractivity contribution is 5.93. The molecule has 0 saturated heterocycles. The predicted molar refractivity (Wildman–Crippen MR) is 136 cm³/mol. The van der Waals surface area contributed by atoms with Gasteiger partial charge in [-0.3, -0.25) is 9.59 Å². The van der Waals surface area contributed by atoms with Gasteiger partial charge < -0.3 is 29.2 Å². The summed E-state index contributed by atoms with van der Waals surface area (Å²) in [6.07, 6.45) is 3.84. The number of methoxy groups -OCH3 is 1. The van der Waals surface area contributed by atoms with Crippen LogP contribution in [0.1, 0.15) is 35.2 Å². The van der Waals surface area contributed by atoms with Crippen molar-refractivity contribution in [2.75, 3.05) is 41.0 Å². The molecular weight excluding hydrogens is 476 g/mol. The SMILES string of the molecule is COc1nc2ccccc2cc1-c1cnc([C@H](COCCCC(=O)c2ccon2)NC(=O)CN(C)C)[nH]1. The van der Waals surface area contributed by atoms with Gasteiger partial charge in [0.15, 0.2) is 5.78 Å². The number of para-hydroxylation sites is 1. The first kappa shape index (κ1) is 26.0. The number of aromatic amines is 1. The van der Waals surface area contributed by atoms with E-state index in [0.29, 0.717) is 36.1 Å². The number of hydrogen-bond donors (Lipinski definition) is 2. The van der Waals surface area contributed by atoms with Gasteiger partial charge in [-0.05, 0) is 32.6 Å². The van der Waals surface area contributed by atoms with Crippen molar-refractivity contribution in [1.29, 1.82) is 0 Å². The number of imidazole rings is 1. The van der Waals surface area contributed by atoms with Gasteiger partial charge in [0.05, 0.1) is 43.2 Å². The third-order valence-corrected chi connectivity index (χ3v) is 5.59. The van der Waals surface area contributed by atoms with Crippen molar-refractivity contribution >= 4 is 22.6 Å². The number of fused-ring (bicyclic) bond motifs is 1. The molecule has 0 saturated carbocycles. The summed E-state index contributed by atoms with van der Waals surface area (Å²) in [6.45, 7) is 0.732. The van der Waals surface area contributed by atoms with Gasteiger partial charge in [0, 0.05) is 24.5 Å². The summed E-state index contributed by atoms with van der Waals surface area (Å²) in [6, 6.07) is 10.8. The molecule has 1 atom stereocenters. The summed E-state index contributed by atoms with van der Waals surface area (Å²) in [7, 11) is 5.21. The van der Waals surface area contributed by atoms with Crippen molar-refractivity contribution in [1.82, 2.24) is 30.3 Å². The zero-order chi connectivity index (χ0) is 26.2. The minimum atomic E-state index is -0.521. The van der Waals surface area contributed by atoms with Gasteiger partial charge in [-0.1, -0.05) is 23.4 Å². The van der Waals surface area contributed by atoms with Crippen molar-refractivity contribution in [2.45, 2.75) is 18.9 Å². The average Bonchev–Trinajstić information content (AvgIpc) is 3.59. The standard InChI is InChI=1S/C26H30N6O5/c1-32(2)15-24(34)28-22(16-36-11-6-9-23(33)20-10-12-37-31-20)25-27-14-21(29-25)18-13-17-7-4-5-8-19(17)30-26(18)35-3/h4-5,7-8,10,12-14,22H,6,9,11,15-16H2,1-3H3,(H,27,29)(H,28,34)/t22-/m0/s1. The average molecular weight is 507 g/mol. The summed E-state index contributed by atoms with van der Waals surface area (Å²) in [5.41, 5.74) is 2.59. The second-order valence-electron chi connectivity index (χ2n) is 8.76. The summed E-state index contributed by atoms with van der Waals surface area (Å²) in [5, 5.41) is 7.59. The van der Waals surface area contributed by atoms with Gasteiger partial charge in [-0.2, -0.15) is 0 Å². The quantitative estimate of drug-likeness (QED) is 0.207. The molecule has 194 valence electrons. The fourth-order valence-corrected chi connectivity index (χ4v) is 3.83. The van der Waals surface area contributed by atoms with Crippen LogP contribution in [0, 0.1) is 0 Å². The van der Waals surface area contributed by atoms with Crippen LogP contribution in [-0.4, -0.2) is 77.7 Å². The molecule has 0 spiro atoms. The molecule has 11 nitrogen and oxygen atoms in total. The Kier molecular flexibility index (Phi) is 8.60. The molecule has 0 radical (unpaired) electrons. The van der Waals surface area contributed by atoms with E-state index in [1.165, 1.54) is 12.3 Å². The van der Waals surface area contributed by atoms with Crippen LogP contribution in [0.3, 0.4) is 0 Å². The van der Waals surface area contributed by atoms with Gasteiger partial charge in [0.25, 0.3) is 0 Å². The molecule has 1 aromatic carbocycles. The number of carbonyl (C=O) groups excluding carboxylic acids is 2. The Labute approximate surface area is 214 Å². The Bertz CT molecular complexity index is 1330. The largest absolute Gasteiger partial charge is 0.480 e. The van der Waals surface area contributed by atoms with Gasteiger partial charge in [-0.15, -0.1) is 0 Å². The maximum Gasteiger partial charge on any atom is 0.234 e. The van der Waals surface area contributed by atoms with Crippen LogP contribution in [0.15, 0.2) is 53.4 Å². The van der Waals surface area contributed by atoms with Crippen molar-refractivity contribution in [2.24, 2.45) is 0 Å². The Balaban J connectivity index is 1.46. The number of aromatic nitrogens is 4. The Hall–Kier alpha value is -4.09. The van der Waals surface area contributed by atoms with E-state index in [-0.39, 0.29) is 31.3 Å². The highest BCUT2D eigenvalue weighted by atomic mass is 16.5. The fourth-order valence-electron chi connectivity index (χ4n) is 3.83. The molecule has 3 heterocycles. The van der Waals surface area contributed by atoms with E-state index in [4.69, 9.17) is 14.0 Å². The van der Waals surface area contributed by atoms with Crippen LogP contribution in [-0.2, 0) is 9.53 Å². The van der Waals surface area contributed by atoms with Crippen LogP contribution in [0.5, 0.6) is 5.88 Å². The first-order chi connectivity index (χ1) is 17.9. The van der Waals surface area contributed by atoms with Gasteiger partial charge in [0.2, 0.25) is 11.8 Å². The number of ketones is 1. The van der Waals surface area contributed by atoms with Crippen molar-refractivity contribution in [3.63, 3.8) is 0 Å². The molecular formula is C26H30N6O5. The van der Waals surface area contributed by atoms with Crippen molar-refractivity contribution in [3.8, 4) is 17.1 Å². The number of likely N-dealkylation sites (N-methyl/N-ethyl adjacent to an activating group) is 1. The van der Waals surface area contributed by atoms with E-state index in [1.807, 2.05) is 44.4 Å². The van der Waals surface area contributed by atoms with Crippen molar-refractivity contribution < 1.29 is 23.6 Å². The maximum atomic E-state index is 12.5. The highest BCUT2D eigenvalue weighted by Gasteiger charge is 2.21. The molecule has 37 heavy (non-hydrogen) atoms. The molecule has 4 rings (SSSR count). The molecule has 1 amide bonds. The van der Waals surface area contributed by atoms with Crippen LogP contribution in [0.4, 0.5) is 0 Å². The predicted octanol–water partition coefficient (Wildman–Crippen LogP) is 3.02. The first-order valence-corrected chi connectivity index (χ1v) is 11.9. The van der Waals surface area contributed by atoms with E-state index < -0.39 is 6.04 Å². The molecule has 4 aromatic rings.